The Labute approximate surface area is 198 Å². The third-order valence-electron chi connectivity index (χ3n) is 6.86. The van der Waals surface area contributed by atoms with E-state index in [1.165, 1.54) is 5.56 Å². The standard InChI is InChI=1S/C27H27N7/c1-19(20-6-4-3-5-7-20)34-27-23-16-21(8-10-24(23)28-18-25(27)30-31-34)22-9-11-26(29-17-22)33-14-12-32(2)13-15-33/h3-11,16-19H,12-15H2,1-2H3/t19-/m1/s1. The van der Waals surface area contributed by atoms with Crippen LogP contribution in [0.15, 0.2) is 73.1 Å². The predicted molar refractivity (Wildman–Crippen MR) is 136 cm³/mol. The van der Waals surface area contributed by atoms with Crippen LogP contribution in [-0.2, 0) is 0 Å². The number of piperazine rings is 1. The quantitative estimate of drug-likeness (QED) is 0.405. The van der Waals surface area contributed by atoms with Crippen LogP contribution in [0.25, 0.3) is 33.1 Å². The molecule has 1 atom stereocenters. The average Bonchev–Trinajstić information content (AvgIpc) is 3.34. The molecule has 0 radical (unpaired) electrons. The first kappa shape index (κ1) is 20.7. The van der Waals surface area contributed by atoms with Gasteiger partial charge in [0.15, 0.2) is 0 Å². The second kappa shape index (κ2) is 8.50. The Morgan fingerprint density at radius 2 is 1.59 bits per heavy atom. The van der Waals surface area contributed by atoms with Crippen molar-refractivity contribution in [1.29, 1.82) is 0 Å². The molecule has 1 fully saturated rings. The number of nitrogens with zero attached hydrogens (tertiary/aromatic N) is 7. The van der Waals surface area contributed by atoms with E-state index in [0.29, 0.717) is 0 Å². The normalized spacial score (nSPS) is 15.8. The minimum absolute atomic E-state index is 0.0602. The fourth-order valence-corrected chi connectivity index (χ4v) is 4.73. The van der Waals surface area contributed by atoms with Crippen molar-refractivity contribution in [2.75, 3.05) is 38.1 Å². The predicted octanol–water partition coefficient (Wildman–Crippen LogP) is 4.40. The summed E-state index contributed by atoms with van der Waals surface area (Å²) in [5, 5.41) is 9.96. The molecule has 0 saturated carbocycles. The molecule has 6 rings (SSSR count). The van der Waals surface area contributed by atoms with E-state index in [1.807, 2.05) is 23.1 Å². The Bertz CT molecular complexity index is 1440. The van der Waals surface area contributed by atoms with Gasteiger partial charge in [0, 0.05) is 43.3 Å². The first-order valence-corrected chi connectivity index (χ1v) is 11.8. The van der Waals surface area contributed by atoms with E-state index in [0.717, 1.165) is 65.1 Å². The van der Waals surface area contributed by atoms with E-state index in [2.05, 4.69) is 93.7 Å². The highest BCUT2D eigenvalue weighted by molar-refractivity contribution is 6.03. The lowest BCUT2D eigenvalue weighted by Crippen LogP contribution is -2.44. The molecule has 5 aromatic rings. The largest absolute Gasteiger partial charge is 0.354 e. The lowest BCUT2D eigenvalue weighted by molar-refractivity contribution is 0.312. The second-order valence-corrected chi connectivity index (χ2v) is 9.04. The highest BCUT2D eigenvalue weighted by Gasteiger charge is 2.18. The van der Waals surface area contributed by atoms with Crippen LogP contribution in [-0.4, -0.2) is 63.1 Å². The first-order valence-electron chi connectivity index (χ1n) is 11.8. The molecule has 7 heteroatoms. The van der Waals surface area contributed by atoms with Gasteiger partial charge >= 0.3 is 0 Å². The Balaban J connectivity index is 1.39. The molecule has 0 bridgehead atoms. The summed E-state index contributed by atoms with van der Waals surface area (Å²) in [6.07, 6.45) is 3.79. The number of benzene rings is 2. The molecule has 2 aromatic carbocycles. The Kier molecular flexibility index (Phi) is 5.19. The summed E-state index contributed by atoms with van der Waals surface area (Å²) in [5.74, 6) is 1.04. The second-order valence-electron chi connectivity index (χ2n) is 9.04. The topological polar surface area (TPSA) is 63.0 Å². The lowest BCUT2D eigenvalue weighted by Gasteiger charge is -2.33. The van der Waals surface area contributed by atoms with Gasteiger partial charge in [-0.15, -0.1) is 5.10 Å². The highest BCUT2D eigenvalue weighted by atomic mass is 15.4. The SMILES string of the molecule is C[C@H](c1ccccc1)n1nnc2cnc3ccc(-c4ccc(N5CCN(C)CC5)nc4)cc3c21. The number of fused-ring (bicyclic) bond motifs is 3. The summed E-state index contributed by atoms with van der Waals surface area (Å²) in [6.45, 7) is 6.32. The molecule has 170 valence electrons. The summed E-state index contributed by atoms with van der Waals surface area (Å²) in [5.41, 5.74) is 6.13. The van der Waals surface area contributed by atoms with E-state index in [9.17, 15) is 0 Å². The molecular weight excluding hydrogens is 422 g/mol. The molecule has 4 heterocycles. The summed E-state index contributed by atoms with van der Waals surface area (Å²) < 4.78 is 2.01. The highest BCUT2D eigenvalue weighted by Crippen LogP contribution is 2.31. The van der Waals surface area contributed by atoms with E-state index >= 15 is 0 Å². The average molecular weight is 450 g/mol. The van der Waals surface area contributed by atoms with Crippen molar-refractivity contribution >= 4 is 27.8 Å². The molecule has 34 heavy (non-hydrogen) atoms. The number of hydrogen-bond acceptors (Lipinski definition) is 6. The van der Waals surface area contributed by atoms with Gasteiger partial charge in [0.1, 0.15) is 16.9 Å². The summed E-state index contributed by atoms with van der Waals surface area (Å²) in [4.78, 5) is 14.1. The van der Waals surface area contributed by atoms with Crippen LogP contribution in [0.5, 0.6) is 0 Å². The third-order valence-corrected chi connectivity index (χ3v) is 6.86. The molecule has 0 aliphatic carbocycles. The van der Waals surface area contributed by atoms with Crippen molar-refractivity contribution in [2.24, 2.45) is 0 Å². The van der Waals surface area contributed by atoms with Gasteiger partial charge < -0.3 is 9.80 Å². The lowest BCUT2D eigenvalue weighted by atomic mass is 10.0. The maximum atomic E-state index is 4.78. The zero-order chi connectivity index (χ0) is 23.1. The summed E-state index contributed by atoms with van der Waals surface area (Å²) in [7, 11) is 2.17. The first-order chi connectivity index (χ1) is 16.7. The zero-order valence-electron chi connectivity index (χ0n) is 19.5. The Morgan fingerprint density at radius 1 is 0.794 bits per heavy atom. The van der Waals surface area contributed by atoms with Crippen molar-refractivity contribution in [3.63, 3.8) is 0 Å². The van der Waals surface area contributed by atoms with E-state index in [-0.39, 0.29) is 6.04 Å². The molecule has 1 aliphatic heterocycles. The molecule has 0 N–H and O–H groups in total. The van der Waals surface area contributed by atoms with Crippen LogP contribution in [0.4, 0.5) is 5.82 Å². The van der Waals surface area contributed by atoms with Gasteiger partial charge in [0.2, 0.25) is 0 Å². The van der Waals surface area contributed by atoms with E-state index in [4.69, 9.17) is 4.98 Å². The van der Waals surface area contributed by atoms with Crippen LogP contribution < -0.4 is 4.90 Å². The van der Waals surface area contributed by atoms with Gasteiger partial charge in [0.05, 0.1) is 17.8 Å². The molecule has 1 saturated heterocycles. The minimum atomic E-state index is 0.0602. The van der Waals surface area contributed by atoms with Crippen molar-refractivity contribution in [3.05, 3.63) is 78.6 Å². The van der Waals surface area contributed by atoms with Crippen LogP contribution in [0.1, 0.15) is 18.5 Å². The molecule has 3 aromatic heterocycles. The number of likely N-dealkylation sites (N-methyl/N-ethyl adjacent to an activating group) is 1. The Hall–Kier alpha value is -3.84. The monoisotopic (exact) mass is 449 g/mol. The fraction of sp³-hybridized carbons (Fsp3) is 0.259. The number of pyridine rings is 2. The molecule has 0 amide bonds. The molecule has 0 spiro atoms. The molecule has 1 aliphatic rings. The van der Waals surface area contributed by atoms with Crippen molar-refractivity contribution < 1.29 is 0 Å². The van der Waals surface area contributed by atoms with Crippen molar-refractivity contribution in [2.45, 2.75) is 13.0 Å². The van der Waals surface area contributed by atoms with Crippen LogP contribution in [0, 0.1) is 0 Å². The van der Waals surface area contributed by atoms with Gasteiger partial charge in [-0.05, 0) is 49.4 Å². The zero-order valence-corrected chi connectivity index (χ0v) is 19.5. The number of aromatic nitrogens is 5. The molecular formula is C27H27N7. The number of hydrogen-bond donors (Lipinski definition) is 0. The van der Waals surface area contributed by atoms with Gasteiger partial charge in [-0.25, -0.2) is 9.67 Å². The summed E-state index contributed by atoms with van der Waals surface area (Å²) >= 11 is 0. The van der Waals surface area contributed by atoms with Crippen molar-refractivity contribution in [3.8, 4) is 11.1 Å². The third kappa shape index (κ3) is 3.68. The van der Waals surface area contributed by atoms with Crippen LogP contribution in [0.2, 0.25) is 0 Å². The number of anilines is 1. The molecule has 7 nitrogen and oxygen atoms in total. The van der Waals surface area contributed by atoms with Gasteiger partial charge in [0.25, 0.3) is 0 Å². The fourth-order valence-electron chi connectivity index (χ4n) is 4.73. The van der Waals surface area contributed by atoms with Crippen LogP contribution in [0.3, 0.4) is 0 Å². The van der Waals surface area contributed by atoms with Crippen molar-refractivity contribution in [1.82, 2.24) is 29.9 Å². The summed E-state index contributed by atoms with van der Waals surface area (Å²) in [6, 6.07) is 21.1. The van der Waals surface area contributed by atoms with Gasteiger partial charge in [-0.3, -0.25) is 4.98 Å². The maximum Gasteiger partial charge on any atom is 0.132 e. The maximum absolute atomic E-state index is 4.78. The Morgan fingerprint density at radius 3 is 2.35 bits per heavy atom. The number of rotatable bonds is 4. The molecule has 0 unspecified atom stereocenters. The van der Waals surface area contributed by atoms with Gasteiger partial charge in [-0.1, -0.05) is 41.6 Å². The van der Waals surface area contributed by atoms with Gasteiger partial charge in [-0.2, -0.15) is 0 Å². The smallest absolute Gasteiger partial charge is 0.132 e. The minimum Gasteiger partial charge on any atom is -0.354 e. The van der Waals surface area contributed by atoms with Crippen LogP contribution >= 0.6 is 0 Å². The van der Waals surface area contributed by atoms with E-state index < -0.39 is 0 Å². The van der Waals surface area contributed by atoms with E-state index in [1.54, 1.807) is 0 Å².